The molecule has 43 valence electrons. The number of carboxylic acids is 1. The van der Waals surface area contributed by atoms with Crippen molar-refractivity contribution < 1.29 is 28.2 Å². The minimum atomic E-state index is -0.981. The molecule has 0 saturated carbocycles. The Bertz CT molecular complexity index is 70.8. The van der Waals surface area contributed by atoms with Crippen LogP contribution in [0.15, 0.2) is 12.7 Å². The van der Waals surface area contributed by atoms with E-state index in [-0.39, 0.29) is 0 Å². The van der Waals surface area contributed by atoms with E-state index in [9.17, 15) is 4.79 Å². The fraction of sp³-hybridized carbons (Fsp3) is 0.400. The predicted octanol–water partition coefficient (Wildman–Crippen LogP) is 1.23. The molecule has 0 amide bonds. The van der Waals surface area contributed by atoms with Gasteiger partial charge in [0.15, 0.2) is 0 Å². The second-order valence-electron chi connectivity index (χ2n) is 1.04. The topological polar surface area (TPSA) is 37.3 Å². The van der Waals surface area contributed by atoms with E-state index in [1.165, 1.54) is 23.3 Å². The van der Waals surface area contributed by atoms with Crippen molar-refractivity contribution in [2.75, 3.05) is 0 Å². The number of carbonyl (C=O) groups is 1. The third kappa shape index (κ3) is 40.5. The molecular formula is C5H9O2Zn. The first-order chi connectivity index (χ1) is 3.68. The van der Waals surface area contributed by atoms with Crippen LogP contribution in [-0.2, 0) is 23.1 Å². The van der Waals surface area contributed by atoms with Crippen LogP contribution >= 0.6 is 0 Å². The molecule has 0 aromatic rings. The average molecular weight is 167 g/mol. The summed E-state index contributed by atoms with van der Waals surface area (Å²) in [5, 5.41) is 8.98. The summed E-state index contributed by atoms with van der Waals surface area (Å²) < 4.78 is 0. The normalized spacial score (nSPS) is 6.38. The Hall–Kier alpha value is -0.167. The van der Waals surface area contributed by atoms with Crippen molar-refractivity contribution in [3.63, 3.8) is 0 Å². The third-order valence-corrected chi connectivity index (χ3v) is 0.175. The van der Waals surface area contributed by atoms with Crippen molar-refractivity contribution in [2.24, 2.45) is 0 Å². The van der Waals surface area contributed by atoms with E-state index >= 15 is 0 Å². The van der Waals surface area contributed by atoms with Gasteiger partial charge in [-0.25, -0.2) is 4.79 Å². The Morgan fingerprint density at radius 3 is 2.12 bits per heavy atom. The van der Waals surface area contributed by atoms with E-state index in [0.29, 0.717) is 0 Å². The van der Waals surface area contributed by atoms with Crippen LogP contribution in [0.4, 0.5) is 0 Å². The van der Waals surface area contributed by atoms with Crippen LogP contribution in [0.5, 0.6) is 0 Å². The maximum absolute atomic E-state index is 9.25. The Labute approximate surface area is 59.3 Å². The zero-order valence-corrected chi connectivity index (χ0v) is 8.02. The van der Waals surface area contributed by atoms with E-state index in [4.69, 9.17) is 5.11 Å². The molecule has 0 atom stereocenters. The molecule has 8 heavy (non-hydrogen) atoms. The number of rotatable bonds is 1. The molecule has 0 heterocycles. The second-order valence-corrected chi connectivity index (χ2v) is 3.14. The third-order valence-electron chi connectivity index (χ3n) is 0.175. The molecule has 0 radical (unpaired) electrons. The molecule has 2 nitrogen and oxygen atoms in total. The molecular weight excluding hydrogens is 157 g/mol. The van der Waals surface area contributed by atoms with Gasteiger partial charge in [0.05, 0.1) is 0 Å². The van der Waals surface area contributed by atoms with E-state index in [1.54, 1.807) is 0 Å². The average Bonchev–Trinajstić information content (AvgIpc) is 1.69. The summed E-state index contributed by atoms with van der Waals surface area (Å²) >= 11 is 1.44. The van der Waals surface area contributed by atoms with Gasteiger partial charge in [-0.05, 0) is 0 Å². The van der Waals surface area contributed by atoms with Crippen molar-refractivity contribution >= 4 is 5.97 Å². The van der Waals surface area contributed by atoms with E-state index in [2.05, 4.69) is 13.5 Å². The molecule has 0 aliphatic carbocycles. The van der Waals surface area contributed by atoms with Crippen LogP contribution in [0.25, 0.3) is 0 Å². The molecule has 0 aliphatic heterocycles. The van der Waals surface area contributed by atoms with Crippen molar-refractivity contribution in [3.05, 3.63) is 12.7 Å². The van der Waals surface area contributed by atoms with Gasteiger partial charge >= 0.3 is 36.2 Å². The van der Waals surface area contributed by atoms with Gasteiger partial charge in [-0.2, -0.15) is 0 Å². The molecule has 0 aliphatic rings. The van der Waals surface area contributed by atoms with E-state index in [0.717, 1.165) is 6.08 Å². The summed E-state index contributed by atoms with van der Waals surface area (Å²) in [6, 6.07) is 0. The summed E-state index contributed by atoms with van der Waals surface area (Å²) in [5.74, 6) is -0.981. The first kappa shape index (κ1) is 10.7. The van der Waals surface area contributed by atoms with Crippen LogP contribution in [0.3, 0.4) is 0 Å². The van der Waals surface area contributed by atoms with Crippen molar-refractivity contribution in [3.8, 4) is 0 Å². The standard InChI is InChI=1S/C3H4O2.C2H5.Zn/c1-2-3(4)5;1-2;/h2H,1H2,(H,4,5);1H2,2H3;. The van der Waals surface area contributed by atoms with Gasteiger partial charge in [0.2, 0.25) is 0 Å². The molecule has 0 aromatic heterocycles. The van der Waals surface area contributed by atoms with Gasteiger partial charge in [0.25, 0.3) is 0 Å². The van der Waals surface area contributed by atoms with Gasteiger partial charge < -0.3 is 5.11 Å². The van der Waals surface area contributed by atoms with Gasteiger partial charge in [-0.15, -0.1) is 0 Å². The van der Waals surface area contributed by atoms with Crippen LogP contribution in [0.2, 0.25) is 5.02 Å². The molecule has 0 unspecified atom stereocenters. The molecule has 3 heteroatoms. The number of aliphatic carboxylic acids is 1. The van der Waals surface area contributed by atoms with Gasteiger partial charge in [0.1, 0.15) is 0 Å². The van der Waals surface area contributed by atoms with Gasteiger partial charge in [-0.1, -0.05) is 6.58 Å². The van der Waals surface area contributed by atoms with Gasteiger partial charge in [0, 0.05) is 6.08 Å². The fourth-order valence-electron chi connectivity index (χ4n) is 0. The van der Waals surface area contributed by atoms with Crippen LogP contribution in [-0.4, -0.2) is 11.1 Å². The Morgan fingerprint density at radius 2 is 2.12 bits per heavy atom. The summed E-state index contributed by atoms with van der Waals surface area (Å²) in [4.78, 5) is 9.25. The van der Waals surface area contributed by atoms with E-state index in [1.807, 2.05) is 0 Å². The summed E-state index contributed by atoms with van der Waals surface area (Å²) in [7, 11) is 0. The second kappa shape index (κ2) is 9.95. The first-order valence-corrected chi connectivity index (χ1v) is 4.43. The Kier molecular flexibility index (Phi) is 13.4. The first-order valence-electron chi connectivity index (χ1n) is 2.33. The Balaban J connectivity index is 0. The van der Waals surface area contributed by atoms with E-state index < -0.39 is 5.97 Å². The molecule has 0 spiro atoms. The van der Waals surface area contributed by atoms with Crippen molar-refractivity contribution in [1.29, 1.82) is 0 Å². The van der Waals surface area contributed by atoms with Crippen LogP contribution < -0.4 is 0 Å². The zero-order valence-electron chi connectivity index (χ0n) is 5.05. The molecule has 0 aromatic carbocycles. The zero-order chi connectivity index (χ0) is 6.99. The summed E-state index contributed by atoms with van der Waals surface area (Å²) in [5.41, 5.74) is 0. The van der Waals surface area contributed by atoms with Gasteiger partial charge in [-0.3, -0.25) is 0 Å². The summed E-state index contributed by atoms with van der Waals surface area (Å²) in [6.07, 6.45) is 0.833. The quantitative estimate of drug-likeness (QED) is 0.470. The van der Waals surface area contributed by atoms with Crippen LogP contribution in [0, 0.1) is 0 Å². The molecule has 0 bridgehead atoms. The SMILES string of the molecule is C=CC(=O)O.C[CH2][Zn]. The summed E-state index contributed by atoms with van der Waals surface area (Å²) in [6.45, 7) is 5.14. The van der Waals surface area contributed by atoms with Crippen molar-refractivity contribution in [2.45, 2.75) is 11.9 Å². The molecule has 0 saturated heterocycles. The number of hydrogen-bond donors (Lipinski definition) is 1. The molecule has 1 N–H and O–H groups in total. The minimum absolute atomic E-state index is 0.833. The number of carboxylic acid groups (broad SMARTS) is 1. The fourth-order valence-corrected chi connectivity index (χ4v) is 0. The predicted molar refractivity (Wildman–Crippen MR) is 28.3 cm³/mol. The number of hydrogen-bond acceptors (Lipinski definition) is 1. The monoisotopic (exact) mass is 165 g/mol. The van der Waals surface area contributed by atoms with Crippen LogP contribution in [0.1, 0.15) is 6.92 Å². The molecule has 0 rings (SSSR count). The maximum atomic E-state index is 9.25. The van der Waals surface area contributed by atoms with Crippen molar-refractivity contribution in [1.82, 2.24) is 0 Å². The molecule has 0 fully saturated rings. The Morgan fingerprint density at radius 1 is 2.00 bits per heavy atom.